The van der Waals surface area contributed by atoms with Gasteiger partial charge in [0.05, 0.1) is 18.9 Å². The molecule has 0 spiro atoms. The second-order valence-electron chi connectivity index (χ2n) is 8.54. The molecule has 8 heteroatoms. The largest absolute Gasteiger partial charge is 0.399 e. The first-order valence-corrected chi connectivity index (χ1v) is 10.5. The molecule has 2 bridgehead atoms. The van der Waals surface area contributed by atoms with E-state index in [1.54, 1.807) is 6.07 Å². The third kappa shape index (κ3) is 3.63. The van der Waals surface area contributed by atoms with Gasteiger partial charge in [-0.3, -0.25) is 0 Å². The maximum Gasteiger partial charge on any atom is 0.225 e. The molecule has 4 N–H and O–H groups in total. The summed E-state index contributed by atoms with van der Waals surface area (Å²) in [6.45, 7) is 3.17. The molecule has 2 fully saturated rings. The van der Waals surface area contributed by atoms with Crippen LogP contribution >= 0.6 is 0 Å². The van der Waals surface area contributed by atoms with Crippen molar-refractivity contribution in [3.63, 3.8) is 0 Å². The zero-order chi connectivity index (χ0) is 23.1. The fourth-order valence-corrected chi connectivity index (χ4v) is 4.43. The molecule has 5 atom stereocenters. The van der Waals surface area contributed by atoms with Gasteiger partial charge in [0.1, 0.15) is 31.0 Å². The molecule has 172 valence electrons. The fraction of sp³-hybridized carbons (Fsp3) is 0.458. The van der Waals surface area contributed by atoms with Gasteiger partial charge in [-0.25, -0.2) is 0 Å². The molecule has 2 aromatic rings. The molecule has 2 saturated heterocycles. The predicted octanol–water partition coefficient (Wildman–Crippen LogP) is 0.983. The minimum Gasteiger partial charge on any atom is -0.399 e. The van der Waals surface area contributed by atoms with Crippen LogP contribution in [0.1, 0.15) is 34.7 Å². The summed E-state index contributed by atoms with van der Waals surface area (Å²) >= 11 is 0. The predicted molar refractivity (Wildman–Crippen MR) is 116 cm³/mol. The van der Waals surface area contributed by atoms with Crippen molar-refractivity contribution < 1.29 is 34.7 Å². The summed E-state index contributed by atoms with van der Waals surface area (Å²) in [5.74, 6) is -1.67. The molecule has 0 unspecified atom stereocenters. The van der Waals surface area contributed by atoms with Crippen LogP contribution in [0.15, 0.2) is 47.6 Å². The summed E-state index contributed by atoms with van der Waals surface area (Å²) < 4.78 is 11.8. The first kappa shape index (κ1) is 22.8. The van der Waals surface area contributed by atoms with Gasteiger partial charge in [0.15, 0.2) is 0 Å². The Hall–Kier alpha value is -2.33. The minimum absolute atomic E-state index is 0.147. The highest BCUT2D eigenvalue weighted by Crippen LogP contribution is 2.49. The lowest BCUT2D eigenvalue weighted by atomic mass is 9.83. The van der Waals surface area contributed by atoms with Gasteiger partial charge < -0.3 is 34.7 Å². The van der Waals surface area contributed by atoms with Crippen molar-refractivity contribution >= 4 is 5.71 Å². The van der Waals surface area contributed by atoms with E-state index in [9.17, 15) is 20.4 Å². The van der Waals surface area contributed by atoms with Crippen LogP contribution < -0.4 is 0 Å². The highest BCUT2D eigenvalue weighted by Gasteiger charge is 2.67. The van der Waals surface area contributed by atoms with Crippen LogP contribution in [-0.4, -0.2) is 70.4 Å². The van der Waals surface area contributed by atoms with E-state index in [4.69, 9.17) is 14.3 Å². The average molecular weight is 443 g/mol. The number of benzene rings is 2. The van der Waals surface area contributed by atoms with Crippen molar-refractivity contribution in [2.75, 3.05) is 20.3 Å². The first-order valence-electron chi connectivity index (χ1n) is 10.5. The highest BCUT2D eigenvalue weighted by atomic mass is 16.8. The summed E-state index contributed by atoms with van der Waals surface area (Å²) in [6.07, 6.45) is -3.87. The number of hydrogen-bond acceptors (Lipinski definition) is 8. The lowest BCUT2D eigenvalue weighted by Gasteiger charge is -2.46. The molecule has 2 aliphatic rings. The van der Waals surface area contributed by atoms with Crippen LogP contribution in [0.5, 0.6) is 0 Å². The summed E-state index contributed by atoms with van der Waals surface area (Å²) in [5.41, 5.74) is 3.90. The normalized spacial score (nSPS) is 32.2. The second kappa shape index (κ2) is 8.55. The Labute approximate surface area is 186 Å². The lowest BCUT2D eigenvalue weighted by Crippen LogP contribution is -2.65. The van der Waals surface area contributed by atoms with Crippen molar-refractivity contribution in [2.45, 2.75) is 50.0 Å². The van der Waals surface area contributed by atoms with Crippen molar-refractivity contribution in [3.8, 4) is 0 Å². The molecule has 2 heterocycles. The van der Waals surface area contributed by atoms with Gasteiger partial charge in [0, 0.05) is 5.56 Å². The lowest BCUT2D eigenvalue weighted by molar-refractivity contribution is -0.329. The standard InChI is InChI=1S/C24H29NO7/c1-14-4-9-19(24-22(29)20(27)21(28)23(12-26,32-24)13-31-24)11-18(14)10-16-5-7-17(8-6-16)15(2)25-30-3/h4-9,11,20-22,26-29H,10,12-13H2,1-3H3/t20-,21-,22+,23-,24-/m0/s1. The molecule has 8 nitrogen and oxygen atoms in total. The molecule has 0 aromatic heterocycles. The molecule has 2 aliphatic heterocycles. The Morgan fingerprint density at radius 2 is 1.84 bits per heavy atom. The summed E-state index contributed by atoms with van der Waals surface area (Å²) in [7, 11) is 1.51. The van der Waals surface area contributed by atoms with Crippen LogP contribution in [0.4, 0.5) is 0 Å². The zero-order valence-corrected chi connectivity index (χ0v) is 18.4. The van der Waals surface area contributed by atoms with Crippen LogP contribution in [0.25, 0.3) is 0 Å². The Kier molecular flexibility index (Phi) is 6.10. The second-order valence-corrected chi connectivity index (χ2v) is 8.54. The molecule has 0 aliphatic carbocycles. The first-order chi connectivity index (χ1) is 15.3. The number of aryl methyl sites for hydroxylation is 1. The number of hydrogen-bond donors (Lipinski definition) is 4. The fourth-order valence-electron chi connectivity index (χ4n) is 4.43. The molecule has 0 amide bonds. The number of nitrogens with zero attached hydrogens (tertiary/aromatic N) is 1. The van der Waals surface area contributed by atoms with E-state index < -0.39 is 36.3 Å². The van der Waals surface area contributed by atoms with E-state index >= 15 is 0 Å². The summed E-state index contributed by atoms with van der Waals surface area (Å²) in [5, 5.41) is 45.3. The number of oxime groups is 1. The van der Waals surface area contributed by atoms with Crippen LogP contribution in [-0.2, 0) is 26.5 Å². The number of fused-ring (bicyclic) bond motifs is 2. The highest BCUT2D eigenvalue weighted by molar-refractivity contribution is 5.98. The van der Waals surface area contributed by atoms with E-state index in [0.29, 0.717) is 12.0 Å². The number of aliphatic hydroxyl groups is 4. The Bertz CT molecular complexity index is 1010. The smallest absolute Gasteiger partial charge is 0.225 e. The van der Waals surface area contributed by atoms with Gasteiger partial charge >= 0.3 is 0 Å². The third-order valence-corrected chi connectivity index (χ3v) is 6.47. The summed E-state index contributed by atoms with van der Waals surface area (Å²) in [4.78, 5) is 4.83. The van der Waals surface area contributed by atoms with Gasteiger partial charge in [0.25, 0.3) is 0 Å². The van der Waals surface area contributed by atoms with Crippen LogP contribution in [0.3, 0.4) is 0 Å². The van der Waals surface area contributed by atoms with E-state index in [2.05, 4.69) is 5.16 Å². The summed E-state index contributed by atoms with van der Waals surface area (Å²) in [6, 6.07) is 13.5. The topological polar surface area (TPSA) is 121 Å². The zero-order valence-electron chi connectivity index (χ0n) is 18.4. The van der Waals surface area contributed by atoms with Crippen molar-refractivity contribution in [3.05, 3.63) is 70.3 Å². The number of aliphatic hydroxyl groups excluding tert-OH is 4. The third-order valence-electron chi connectivity index (χ3n) is 6.47. The molecule has 32 heavy (non-hydrogen) atoms. The van der Waals surface area contributed by atoms with E-state index in [1.165, 1.54) is 7.11 Å². The Balaban J connectivity index is 1.64. The quantitative estimate of drug-likeness (QED) is 0.388. The Morgan fingerprint density at radius 1 is 1.12 bits per heavy atom. The van der Waals surface area contributed by atoms with Gasteiger partial charge in [-0.15, -0.1) is 0 Å². The van der Waals surface area contributed by atoms with E-state index in [0.717, 1.165) is 28.0 Å². The Morgan fingerprint density at radius 3 is 2.50 bits per heavy atom. The minimum atomic E-state index is -1.67. The maximum absolute atomic E-state index is 10.8. The number of ether oxygens (including phenoxy) is 2. The molecule has 0 saturated carbocycles. The van der Waals surface area contributed by atoms with E-state index in [1.807, 2.05) is 50.2 Å². The molecule has 2 aromatic carbocycles. The monoisotopic (exact) mass is 443 g/mol. The van der Waals surface area contributed by atoms with E-state index in [-0.39, 0.29) is 6.61 Å². The van der Waals surface area contributed by atoms with Crippen molar-refractivity contribution in [1.29, 1.82) is 0 Å². The molecular formula is C24H29NO7. The van der Waals surface area contributed by atoms with Crippen LogP contribution in [0, 0.1) is 6.92 Å². The molecule has 0 radical (unpaired) electrons. The van der Waals surface area contributed by atoms with Crippen LogP contribution in [0.2, 0.25) is 0 Å². The average Bonchev–Trinajstić information content (AvgIpc) is 3.19. The van der Waals surface area contributed by atoms with Gasteiger partial charge in [0.2, 0.25) is 5.79 Å². The van der Waals surface area contributed by atoms with Crippen molar-refractivity contribution in [2.24, 2.45) is 5.16 Å². The molecular weight excluding hydrogens is 414 g/mol. The van der Waals surface area contributed by atoms with Gasteiger partial charge in [-0.1, -0.05) is 41.6 Å². The number of rotatable bonds is 6. The maximum atomic E-state index is 10.8. The SMILES string of the molecule is CON=C(C)c1ccc(Cc2cc([C@]34OC[C@](CO)(O3)[C@@H](O)[C@H](O)[C@H]4O)ccc2C)cc1. The molecule has 4 rings (SSSR count). The van der Waals surface area contributed by atoms with Crippen molar-refractivity contribution in [1.82, 2.24) is 0 Å². The van der Waals surface area contributed by atoms with Gasteiger partial charge in [-0.05, 0) is 48.6 Å². The van der Waals surface area contributed by atoms with Gasteiger partial charge in [-0.2, -0.15) is 0 Å².